The molecule has 3 rings (SSSR count). The van der Waals surface area contributed by atoms with E-state index in [0.717, 1.165) is 0 Å². The molecule has 0 aliphatic carbocycles. The second kappa shape index (κ2) is 8.21. The van der Waals surface area contributed by atoms with Gasteiger partial charge in [0.05, 0.1) is 9.82 Å². The van der Waals surface area contributed by atoms with Crippen LogP contribution in [0.2, 0.25) is 0 Å². The Hall–Kier alpha value is -3.56. The van der Waals surface area contributed by atoms with E-state index >= 15 is 0 Å². The van der Waals surface area contributed by atoms with Crippen molar-refractivity contribution in [2.45, 2.75) is 11.4 Å². The van der Waals surface area contributed by atoms with Gasteiger partial charge in [-0.05, 0) is 29.8 Å². The molecule has 3 N–H and O–H groups in total. The zero-order valence-corrected chi connectivity index (χ0v) is 15.9. The Morgan fingerprint density at radius 3 is 2.34 bits per heavy atom. The van der Waals surface area contributed by atoms with Gasteiger partial charge in [0.25, 0.3) is 5.69 Å². The number of nitro benzene ring substituents is 1. The molecule has 0 unspecified atom stereocenters. The topological polar surface area (TPSA) is 132 Å². The average Bonchev–Trinajstić information content (AvgIpc) is 2.72. The van der Waals surface area contributed by atoms with Crippen LogP contribution in [0.5, 0.6) is 0 Å². The second-order valence-corrected chi connectivity index (χ2v) is 7.79. The summed E-state index contributed by atoms with van der Waals surface area (Å²) < 4.78 is 22.9. The Kier molecular flexibility index (Phi) is 5.71. The third-order valence-corrected chi connectivity index (χ3v) is 5.11. The maximum Gasteiger partial charge on any atom is 0.293 e. The number of nitrogens with zero attached hydrogens (tertiary/aromatic N) is 1. The summed E-state index contributed by atoms with van der Waals surface area (Å²) in [6.45, 7) is 0.135. The summed E-state index contributed by atoms with van der Waals surface area (Å²) >= 11 is 0. The van der Waals surface area contributed by atoms with Crippen LogP contribution < -0.4 is 10.5 Å². The zero-order valence-electron chi connectivity index (χ0n) is 15.1. The first-order valence-electron chi connectivity index (χ1n) is 8.49. The number of hydrogen-bond acceptors (Lipinski definition) is 6. The molecule has 3 aromatic rings. The van der Waals surface area contributed by atoms with Gasteiger partial charge in [-0.25, -0.2) is 13.6 Å². The predicted octanol–water partition coefficient (Wildman–Crippen LogP) is 3.09. The number of ketones is 1. The van der Waals surface area contributed by atoms with Gasteiger partial charge in [-0.3, -0.25) is 14.9 Å². The molecule has 148 valence electrons. The number of carbonyl (C=O) groups is 1. The third kappa shape index (κ3) is 4.84. The molecule has 0 bridgehead atoms. The first kappa shape index (κ1) is 20.2. The molecule has 29 heavy (non-hydrogen) atoms. The number of sulfonamides is 1. The summed E-state index contributed by atoms with van der Waals surface area (Å²) in [5.41, 5.74) is 1.16. The van der Waals surface area contributed by atoms with Crippen LogP contribution in [0.4, 0.5) is 11.4 Å². The van der Waals surface area contributed by atoms with Crippen molar-refractivity contribution in [3.63, 3.8) is 0 Å². The van der Waals surface area contributed by atoms with Crippen LogP contribution in [0.25, 0.3) is 0 Å². The largest absolute Gasteiger partial charge is 0.375 e. The van der Waals surface area contributed by atoms with Crippen LogP contribution in [0.15, 0.2) is 77.7 Å². The van der Waals surface area contributed by atoms with Gasteiger partial charge in [-0.15, -0.1) is 0 Å². The van der Waals surface area contributed by atoms with Crippen LogP contribution in [0.3, 0.4) is 0 Å². The molecule has 0 aliphatic rings. The Morgan fingerprint density at radius 2 is 1.69 bits per heavy atom. The lowest BCUT2D eigenvalue weighted by Crippen LogP contribution is -2.12. The number of rotatable bonds is 7. The van der Waals surface area contributed by atoms with Gasteiger partial charge in [-0.2, -0.15) is 0 Å². The van der Waals surface area contributed by atoms with Crippen LogP contribution >= 0.6 is 0 Å². The molecule has 0 amide bonds. The molecule has 0 aromatic heterocycles. The van der Waals surface area contributed by atoms with Crippen molar-refractivity contribution >= 4 is 27.2 Å². The molecule has 0 radical (unpaired) electrons. The highest BCUT2D eigenvalue weighted by Crippen LogP contribution is 2.27. The molecular weight excluding hydrogens is 394 g/mol. The minimum Gasteiger partial charge on any atom is -0.375 e. The summed E-state index contributed by atoms with van der Waals surface area (Å²) in [7, 11) is -3.84. The standard InChI is InChI=1S/C20H17N3O5S/c21-29(27,28)17-8-4-5-14(11-17)13-22-18-10-9-16(12-19(18)23(25)26)20(24)15-6-2-1-3-7-15/h1-12,22H,13H2,(H2,21,27,28). The lowest BCUT2D eigenvalue weighted by Gasteiger charge is -2.10. The number of nitrogens with two attached hydrogens (primary N) is 1. The lowest BCUT2D eigenvalue weighted by molar-refractivity contribution is -0.384. The first-order chi connectivity index (χ1) is 13.8. The normalized spacial score (nSPS) is 11.1. The van der Waals surface area contributed by atoms with E-state index in [-0.39, 0.29) is 34.2 Å². The van der Waals surface area contributed by atoms with Crippen molar-refractivity contribution in [2.24, 2.45) is 5.14 Å². The minimum atomic E-state index is -3.84. The maximum absolute atomic E-state index is 12.5. The molecule has 0 aliphatic heterocycles. The number of anilines is 1. The van der Waals surface area contributed by atoms with Crippen LogP contribution in [-0.4, -0.2) is 19.1 Å². The highest BCUT2D eigenvalue weighted by molar-refractivity contribution is 7.89. The number of nitrogens with one attached hydrogen (secondary N) is 1. The fourth-order valence-electron chi connectivity index (χ4n) is 2.76. The Balaban J connectivity index is 1.85. The van der Waals surface area contributed by atoms with Crippen molar-refractivity contribution in [1.29, 1.82) is 0 Å². The number of carbonyl (C=O) groups excluding carboxylic acids is 1. The Morgan fingerprint density at radius 1 is 0.966 bits per heavy atom. The van der Waals surface area contributed by atoms with Gasteiger partial charge < -0.3 is 5.32 Å². The van der Waals surface area contributed by atoms with Crippen LogP contribution in [0.1, 0.15) is 21.5 Å². The van der Waals surface area contributed by atoms with E-state index in [4.69, 9.17) is 5.14 Å². The molecule has 0 fully saturated rings. The molecule has 0 atom stereocenters. The molecule has 0 spiro atoms. The number of nitro groups is 1. The number of benzene rings is 3. The van der Waals surface area contributed by atoms with Crippen molar-refractivity contribution in [3.05, 3.63) is 99.6 Å². The van der Waals surface area contributed by atoms with E-state index < -0.39 is 14.9 Å². The van der Waals surface area contributed by atoms with Crippen LogP contribution in [-0.2, 0) is 16.6 Å². The average molecular weight is 411 g/mol. The molecule has 0 saturated carbocycles. The van der Waals surface area contributed by atoms with Gasteiger partial charge in [0.2, 0.25) is 10.0 Å². The summed E-state index contributed by atoms with van der Waals surface area (Å²) in [6.07, 6.45) is 0. The van der Waals surface area contributed by atoms with Gasteiger partial charge in [0, 0.05) is 23.7 Å². The molecule has 3 aromatic carbocycles. The summed E-state index contributed by atoms with van der Waals surface area (Å²) in [6, 6.07) is 18.6. The number of hydrogen-bond donors (Lipinski definition) is 2. The molecule has 0 heterocycles. The minimum absolute atomic E-state index is 0.0462. The summed E-state index contributed by atoms with van der Waals surface area (Å²) in [5, 5.41) is 19.5. The van der Waals surface area contributed by atoms with E-state index in [1.165, 1.54) is 36.4 Å². The quantitative estimate of drug-likeness (QED) is 0.349. The van der Waals surface area contributed by atoms with E-state index in [0.29, 0.717) is 11.1 Å². The second-order valence-electron chi connectivity index (χ2n) is 6.23. The number of primary sulfonamides is 1. The van der Waals surface area contributed by atoms with E-state index in [9.17, 15) is 23.3 Å². The van der Waals surface area contributed by atoms with Gasteiger partial charge in [0.15, 0.2) is 5.78 Å². The van der Waals surface area contributed by atoms with E-state index in [2.05, 4.69) is 5.32 Å². The Bertz CT molecular complexity index is 1180. The molecule has 0 saturated heterocycles. The summed E-state index contributed by atoms with van der Waals surface area (Å²) in [4.78, 5) is 23.4. The maximum atomic E-state index is 12.5. The Labute approximate surface area is 167 Å². The van der Waals surface area contributed by atoms with Gasteiger partial charge in [0.1, 0.15) is 5.69 Å². The highest BCUT2D eigenvalue weighted by atomic mass is 32.2. The fraction of sp³-hybridized carbons (Fsp3) is 0.0500. The van der Waals surface area contributed by atoms with Crippen molar-refractivity contribution in [1.82, 2.24) is 0 Å². The molecule has 8 nitrogen and oxygen atoms in total. The van der Waals surface area contributed by atoms with Crippen molar-refractivity contribution < 1.29 is 18.1 Å². The predicted molar refractivity (Wildman–Crippen MR) is 108 cm³/mol. The smallest absolute Gasteiger partial charge is 0.293 e. The SMILES string of the molecule is NS(=O)(=O)c1cccc(CNc2ccc(C(=O)c3ccccc3)cc2[N+](=O)[O-])c1. The molecular formula is C20H17N3O5S. The van der Waals surface area contributed by atoms with Crippen molar-refractivity contribution in [2.75, 3.05) is 5.32 Å². The lowest BCUT2D eigenvalue weighted by atomic mass is 10.0. The highest BCUT2D eigenvalue weighted by Gasteiger charge is 2.18. The van der Waals surface area contributed by atoms with Crippen LogP contribution in [0, 0.1) is 10.1 Å². The van der Waals surface area contributed by atoms with E-state index in [1.54, 1.807) is 36.4 Å². The fourth-order valence-corrected chi connectivity index (χ4v) is 3.34. The summed E-state index contributed by atoms with van der Waals surface area (Å²) in [5.74, 6) is -0.318. The third-order valence-electron chi connectivity index (χ3n) is 4.20. The molecule has 9 heteroatoms. The van der Waals surface area contributed by atoms with Gasteiger partial charge >= 0.3 is 0 Å². The first-order valence-corrected chi connectivity index (χ1v) is 10.0. The monoisotopic (exact) mass is 411 g/mol. The van der Waals surface area contributed by atoms with Crippen molar-refractivity contribution in [3.8, 4) is 0 Å². The van der Waals surface area contributed by atoms with E-state index in [1.807, 2.05) is 0 Å². The van der Waals surface area contributed by atoms with Gasteiger partial charge in [-0.1, -0.05) is 42.5 Å². The zero-order chi connectivity index (χ0) is 21.0.